The third-order valence-electron chi connectivity index (χ3n) is 6.67. The van der Waals surface area contributed by atoms with Crippen LogP contribution in [0.25, 0.3) is 11.8 Å². The largest absolute Gasteiger partial charge is 0.503 e. The summed E-state index contributed by atoms with van der Waals surface area (Å²) in [6, 6.07) is 16.7. The Bertz CT molecular complexity index is 1880. The van der Waals surface area contributed by atoms with Gasteiger partial charge in [0.2, 0.25) is 0 Å². The van der Waals surface area contributed by atoms with Crippen LogP contribution >= 0.6 is 22.9 Å². The maximum absolute atomic E-state index is 14.1. The zero-order valence-corrected chi connectivity index (χ0v) is 24.8. The van der Waals surface area contributed by atoms with E-state index in [1.165, 1.54) is 32.0 Å². The van der Waals surface area contributed by atoms with Gasteiger partial charge in [-0.1, -0.05) is 59.3 Å². The minimum Gasteiger partial charge on any atom is -0.503 e. The Morgan fingerprint density at radius 1 is 1.02 bits per heavy atom. The highest BCUT2D eigenvalue weighted by Crippen LogP contribution is 2.39. The molecule has 0 saturated carbocycles. The topological polar surface area (TPSA) is 109 Å². The highest BCUT2D eigenvalue weighted by Gasteiger charge is 2.35. The Morgan fingerprint density at radius 2 is 1.74 bits per heavy atom. The maximum Gasteiger partial charge on any atom is 0.338 e. The number of methoxy groups -OCH3 is 3. The van der Waals surface area contributed by atoms with Crippen molar-refractivity contribution in [1.29, 1.82) is 0 Å². The van der Waals surface area contributed by atoms with E-state index in [9.17, 15) is 14.7 Å². The molecule has 0 fully saturated rings. The number of halogens is 1. The molecule has 1 aromatic heterocycles. The molecule has 216 valence electrons. The second-order valence-corrected chi connectivity index (χ2v) is 10.5. The van der Waals surface area contributed by atoms with Gasteiger partial charge in [-0.25, -0.2) is 9.79 Å². The van der Waals surface area contributed by atoms with Crippen LogP contribution in [0.4, 0.5) is 0 Å². The first kappa shape index (κ1) is 29.0. The van der Waals surface area contributed by atoms with Gasteiger partial charge >= 0.3 is 5.97 Å². The zero-order chi connectivity index (χ0) is 30.0. The van der Waals surface area contributed by atoms with E-state index in [1.807, 2.05) is 30.3 Å². The summed E-state index contributed by atoms with van der Waals surface area (Å²) < 4.78 is 23.5. The first-order valence-electron chi connectivity index (χ1n) is 12.9. The molecule has 9 nitrogen and oxygen atoms in total. The number of phenols is 1. The van der Waals surface area contributed by atoms with Crippen molar-refractivity contribution in [2.75, 3.05) is 27.9 Å². The fraction of sp³-hybridized carbons (Fsp3) is 0.194. The van der Waals surface area contributed by atoms with Crippen molar-refractivity contribution in [3.05, 3.63) is 108 Å². The molecule has 1 aliphatic rings. The number of thiazole rings is 1. The number of rotatable bonds is 8. The van der Waals surface area contributed by atoms with Gasteiger partial charge in [-0.05, 0) is 48.4 Å². The first-order chi connectivity index (χ1) is 20.3. The number of esters is 1. The average Bonchev–Trinajstić information content (AvgIpc) is 3.32. The molecule has 0 unspecified atom stereocenters. The molecule has 1 N–H and O–H groups in total. The molecular formula is C31H27ClN2O7S. The molecule has 0 radical (unpaired) electrons. The SMILES string of the molecule is CCOC(=O)C1=C(c2ccccc2)N=c2s/c(=C\c3cc(Cl)c(O)c(OC)c3)c(=O)n2[C@H]1c1ccc(OC)c(OC)c1. The lowest BCUT2D eigenvalue weighted by atomic mass is 9.93. The van der Waals surface area contributed by atoms with Gasteiger partial charge in [-0.2, -0.15) is 0 Å². The summed E-state index contributed by atoms with van der Waals surface area (Å²) in [6.45, 7) is 1.86. The molecule has 42 heavy (non-hydrogen) atoms. The summed E-state index contributed by atoms with van der Waals surface area (Å²) in [6.07, 6.45) is 1.64. The second kappa shape index (κ2) is 12.1. The molecule has 1 aliphatic heterocycles. The summed E-state index contributed by atoms with van der Waals surface area (Å²) in [4.78, 5) is 32.9. The number of fused-ring (bicyclic) bond motifs is 1. The molecular weight excluding hydrogens is 580 g/mol. The van der Waals surface area contributed by atoms with E-state index in [2.05, 4.69) is 0 Å². The number of aromatic nitrogens is 1. The number of hydrogen-bond donors (Lipinski definition) is 1. The summed E-state index contributed by atoms with van der Waals surface area (Å²) in [5.74, 6) is 0.309. The van der Waals surface area contributed by atoms with E-state index >= 15 is 0 Å². The van der Waals surface area contributed by atoms with Crippen LogP contribution in [0.3, 0.4) is 0 Å². The van der Waals surface area contributed by atoms with E-state index in [1.54, 1.807) is 37.3 Å². The van der Waals surface area contributed by atoms with Crippen molar-refractivity contribution in [2.45, 2.75) is 13.0 Å². The standard InChI is InChI=1S/C31H27ClN2O7S/c1-5-41-30(37)25-26(18-9-7-6-8-10-18)33-31-34(27(25)19-11-12-21(38-2)22(16-19)39-3)29(36)24(42-31)15-17-13-20(32)28(35)23(14-17)40-4/h6-16,27,35H,5H2,1-4H3/b24-15-/t27-/m0/s1. The van der Waals surface area contributed by atoms with Crippen molar-refractivity contribution in [1.82, 2.24) is 4.57 Å². The molecule has 0 bridgehead atoms. The van der Waals surface area contributed by atoms with Crippen LogP contribution in [0.5, 0.6) is 23.0 Å². The van der Waals surface area contributed by atoms with Crippen LogP contribution in [0.1, 0.15) is 29.7 Å². The Kier molecular flexibility index (Phi) is 8.37. The van der Waals surface area contributed by atoms with E-state index in [4.69, 9.17) is 35.5 Å². The predicted octanol–water partition coefficient (Wildman–Crippen LogP) is 4.32. The molecule has 0 saturated heterocycles. The van der Waals surface area contributed by atoms with Crippen molar-refractivity contribution >= 4 is 40.7 Å². The lowest BCUT2D eigenvalue weighted by Crippen LogP contribution is -2.40. The van der Waals surface area contributed by atoms with E-state index < -0.39 is 12.0 Å². The number of nitrogens with zero attached hydrogens (tertiary/aromatic N) is 2. The van der Waals surface area contributed by atoms with Gasteiger partial charge in [-0.15, -0.1) is 0 Å². The van der Waals surface area contributed by atoms with Crippen LogP contribution in [0.2, 0.25) is 5.02 Å². The molecule has 4 aromatic rings. The zero-order valence-electron chi connectivity index (χ0n) is 23.2. The quantitative estimate of drug-likeness (QED) is 0.298. The number of benzene rings is 3. The van der Waals surface area contributed by atoms with Gasteiger partial charge in [-0.3, -0.25) is 9.36 Å². The second-order valence-electron chi connectivity index (χ2n) is 9.10. The van der Waals surface area contributed by atoms with Crippen LogP contribution in [-0.2, 0) is 9.53 Å². The van der Waals surface area contributed by atoms with E-state index in [0.717, 1.165) is 11.3 Å². The molecule has 5 rings (SSSR count). The third-order valence-corrected chi connectivity index (χ3v) is 7.94. The van der Waals surface area contributed by atoms with Gasteiger partial charge in [0.25, 0.3) is 5.56 Å². The van der Waals surface area contributed by atoms with Gasteiger partial charge in [0, 0.05) is 5.56 Å². The molecule has 11 heteroatoms. The van der Waals surface area contributed by atoms with Crippen molar-refractivity contribution in [3.8, 4) is 23.0 Å². The Hall–Kier alpha value is -4.54. The van der Waals surface area contributed by atoms with Gasteiger partial charge in [0.1, 0.15) is 0 Å². The minimum atomic E-state index is -0.893. The monoisotopic (exact) mass is 606 g/mol. The molecule has 0 spiro atoms. The molecule has 0 amide bonds. The van der Waals surface area contributed by atoms with E-state index in [0.29, 0.717) is 43.2 Å². The lowest BCUT2D eigenvalue weighted by Gasteiger charge is -2.26. The Balaban J connectivity index is 1.84. The maximum atomic E-state index is 14.1. The summed E-state index contributed by atoms with van der Waals surface area (Å²) in [5, 5.41) is 10.2. The predicted molar refractivity (Wildman–Crippen MR) is 160 cm³/mol. The third kappa shape index (κ3) is 5.26. The molecule has 1 atom stereocenters. The van der Waals surface area contributed by atoms with Gasteiger partial charge < -0.3 is 24.1 Å². The number of ether oxygens (including phenoxy) is 4. The molecule has 0 aliphatic carbocycles. The molecule has 3 aromatic carbocycles. The molecule has 2 heterocycles. The van der Waals surface area contributed by atoms with Gasteiger partial charge in [0.15, 0.2) is 27.8 Å². The number of carbonyl (C=O) groups is 1. The van der Waals surface area contributed by atoms with Crippen LogP contribution < -0.4 is 29.1 Å². The van der Waals surface area contributed by atoms with Crippen molar-refractivity contribution in [2.24, 2.45) is 4.99 Å². The summed E-state index contributed by atoms with van der Waals surface area (Å²) in [5.41, 5.74) is 2.06. The van der Waals surface area contributed by atoms with Crippen LogP contribution in [-0.4, -0.2) is 43.6 Å². The summed E-state index contributed by atoms with van der Waals surface area (Å²) in [7, 11) is 4.46. The van der Waals surface area contributed by atoms with Crippen molar-refractivity contribution < 1.29 is 28.8 Å². The van der Waals surface area contributed by atoms with Crippen LogP contribution in [0, 0.1) is 0 Å². The Morgan fingerprint density at radius 3 is 2.40 bits per heavy atom. The smallest absolute Gasteiger partial charge is 0.338 e. The fourth-order valence-electron chi connectivity index (χ4n) is 4.76. The minimum absolute atomic E-state index is 0.0764. The summed E-state index contributed by atoms with van der Waals surface area (Å²) >= 11 is 7.36. The highest BCUT2D eigenvalue weighted by molar-refractivity contribution is 7.07. The van der Waals surface area contributed by atoms with E-state index in [-0.39, 0.29) is 34.3 Å². The Labute approximate surface area is 250 Å². The first-order valence-corrected chi connectivity index (χ1v) is 14.1. The lowest BCUT2D eigenvalue weighted by molar-refractivity contribution is -0.138. The normalized spacial score (nSPS) is 14.7. The average molecular weight is 607 g/mol. The van der Waals surface area contributed by atoms with Gasteiger partial charge in [0.05, 0.1) is 54.8 Å². The highest BCUT2D eigenvalue weighted by atomic mass is 35.5. The number of hydrogen-bond acceptors (Lipinski definition) is 9. The number of carbonyl (C=O) groups excluding carboxylic acids is 1. The fourth-order valence-corrected chi connectivity index (χ4v) is 5.98. The van der Waals surface area contributed by atoms with Crippen molar-refractivity contribution in [3.63, 3.8) is 0 Å². The van der Waals surface area contributed by atoms with Crippen LogP contribution in [0.15, 0.2) is 76.0 Å². The number of phenolic OH excluding ortho intramolecular Hbond substituents is 1. The number of aromatic hydroxyl groups is 1.